The van der Waals surface area contributed by atoms with Gasteiger partial charge in [0.15, 0.2) is 0 Å². The molecule has 1 heterocycles. The van der Waals surface area contributed by atoms with Crippen molar-refractivity contribution < 1.29 is 4.79 Å². The highest BCUT2D eigenvalue weighted by atomic mass is 16.2. The molecule has 5 heteroatoms. The summed E-state index contributed by atoms with van der Waals surface area (Å²) >= 11 is 0. The van der Waals surface area contributed by atoms with E-state index in [1.807, 2.05) is 35.2 Å². The maximum atomic E-state index is 12.9. The fourth-order valence-electron chi connectivity index (χ4n) is 3.58. The van der Waals surface area contributed by atoms with E-state index in [2.05, 4.69) is 41.1 Å². The van der Waals surface area contributed by atoms with Gasteiger partial charge < -0.3 is 15.5 Å². The van der Waals surface area contributed by atoms with Gasteiger partial charge in [0.05, 0.1) is 0 Å². The van der Waals surface area contributed by atoms with Gasteiger partial charge in [0.2, 0.25) is 0 Å². The van der Waals surface area contributed by atoms with Crippen LogP contribution in [0, 0.1) is 0 Å². The van der Waals surface area contributed by atoms with E-state index in [4.69, 9.17) is 5.73 Å². The Morgan fingerprint density at radius 1 is 0.929 bits per heavy atom. The number of carbonyl (C=O) groups is 1. The van der Waals surface area contributed by atoms with Gasteiger partial charge >= 0.3 is 0 Å². The van der Waals surface area contributed by atoms with Crippen molar-refractivity contribution in [3.63, 3.8) is 0 Å². The standard InChI is InChI=1S/C23H32N4O/c1-25-15-17-26(18-16-25)19-21-7-9-22(10-8-21)23(28)27(14-12-24)13-11-20-5-3-2-4-6-20/h2-10H,11-19,24H2,1H3. The van der Waals surface area contributed by atoms with Crippen LogP contribution >= 0.6 is 0 Å². The van der Waals surface area contributed by atoms with Gasteiger partial charge in [-0.05, 0) is 36.7 Å². The Balaban J connectivity index is 1.57. The Labute approximate surface area is 168 Å². The fourth-order valence-corrected chi connectivity index (χ4v) is 3.58. The molecule has 0 saturated carbocycles. The molecule has 0 unspecified atom stereocenters. The lowest BCUT2D eigenvalue weighted by Crippen LogP contribution is -2.43. The lowest BCUT2D eigenvalue weighted by atomic mass is 10.1. The first-order chi connectivity index (χ1) is 13.7. The monoisotopic (exact) mass is 380 g/mol. The Kier molecular flexibility index (Phi) is 7.60. The number of rotatable bonds is 8. The van der Waals surface area contributed by atoms with E-state index in [9.17, 15) is 4.79 Å². The molecule has 0 radical (unpaired) electrons. The first-order valence-electron chi connectivity index (χ1n) is 10.2. The van der Waals surface area contributed by atoms with Gasteiger partial charge in [-0.2, -0.15) is 0 Å². The van der Waals surface area contributed by atoms with Gasteiger partial charge in [0, 0.05) is 57.9 Å². The van der Waals surface area contributed by atoms with Crippen LogP contribution in [0.2, 0.25) is 0 Å². The van der Waals surface area contributed by atoms with Crippen molar-refractivity contribution in [2.75, 3.05) is 52.9 Å². The summed E-state index contributed by atoms with van der Waals surface area (Å²) in [5.74, 6) is 0.0625. The predicted molar refractivity (Wildman–Crippen MR) is 114 cm³/mol. The Morgan fingerprint density at radius 2 is 1.61 bits per heavy atom. The van der Waals surface area contributed by atoms with E-state index in [1.54, 1.807) is 0 Å². The number of hydrogen-bond donors (Lipinski definition) is 1. The normalized spacial score (nSPS) is 15.5. The molecule has 28 heavy (non-hydrogen) atoms. The van der Waals surface area contributed by atoms with Crippen LogP contribution in [0.5, 0.6) is 0 Å². The molecular formula is C23H32N4O. The summed E-state index contributed by atoms with van der Waals surface area (Å²) in [4.78, 5) is 19.6. The van der Waals surface area contributed by atoms with Gasteiger partial charge in [-0.15, -0.1) is 0 Å². The van der Waals surface area contributed by atoms with Crippen LogP contribution in [-0.2, 0) is 13.0 Å². The van der Waals surface area contributed by atoms with Crippen LogP contribution in [0.1, 0.15) is 21.5 Å². The molecule has 0 aliphatic carbocycles. The minimum atomic E-state index is 0.0625. The van der Waals surface area contributed by atoms with Gasteiger partial charge in [0.25, 0.3) is 5.91 Å². The molecule has 2 aromatic rings. The van der Waals surface area contributed by atoms with E-state index in [0.29, 0.717) is 19.6 Å². The molecule has 1 amide bonds. The summed E-state index contributed by atoms with van der Waals surface area (Å²) in [6.45, 7) is 7.11. The van der Waals surface area contributed by atoms with Crippen molar-refractivity contribution in [2.45, 2.75) is 13.0 Å². The summed E-state index contributed by atoms with van der Waals surface area (Å²) in [5, 5.41) is 0. The maximum absolute atomic E-state index is 12.9. The summed E-state index contributed by atoms with van der Waals surface area (Å²) in [6.07, 6.45) is 0.841. The average Bonchev–Trinajstić information content (AvgIpc) is 2.73. The molecule has 1 fully saturated rings. The van der Waals surface area contributed by atoms with Crippen molar-refractivity contribution in [1.29, 1.82) is 0 Å². The van der Waals surface area contributed by atoms with Crippen LogP contribution in [0.25, 0.3) is 0 Å². The van der Waals surface area contributed by atoms with Crippen molar-refractivity contribution in [1.82, 2.24) is 14.7 Å². The minimum absolute atomic E-state index is 0.0625. The molecular weight excluding hydrogens is 348 g/mol. The molecule has 0 atom stereocenters. The summed E-state index contributed by atoms with van der Waals surface area (Å²) in [5.41, 5.74) is 8.98. The third-order valence-corrected chi connectivity index (χ3v) is 5.40. The highest BCUT2D eigenvalue weighted by molar-refractivity contribution is 5.94. The van der Waals surface area contributed by atoms with Crippen LogP contribution in [0.4, 0.5) is 0 Å². The van der Waals surface area contributed by atoms with E-state index in [-0.39, 0.29) is 5.91 Å². The third kappa shape index (κ3) is 5.89. The lowest BCUT2D eigenvalue weighted by molar-refractivity contribution is 0.0762. The fraction of sp³-hybridized carbons (Fsp3) is 0.435. The van der Waals surface area contributed by atoms with Crippen molar-refractivity contribution >= 4 is 5.91 Å². The van der Waals surface area contributed by atoms with Gasteiger partial charge in [-0.1, -0.05) is 42.5 Å². The van der Waals surface area contributed by atoms with E-state index in [1.165, 1.54) is 11.1 Å². The van der Waals surface area contributed by atoms with Crippen LogP contribution in [-0.4, -0.2) is 73.5 Å². The number of benzene rings is 2. The Bertz CT molecular complexity index is 724. The topological polar surface area (TPSA) is 52.8 Å². The first kappa shape index (κ1) is 20.5. The van der Waals surface area contributed by atoms with Gasteiger partial charge in [-0.3, -0.25) is 9.69 Å². The maximum Gasteiger partial charge on any atom is 0.253 e. The molecule has 0 bridgehead atoms. The van der Waals surface area contributed by atoms with Crippen molar-refractivity contribution in [3.05, 3.63) is 71.3 Å². The van der Waals surface area contributed by atoms with Crippen LogP contribution in [0.3, 0.4) is 0 Å². The molecule has 0 spiro atoms. The van der Waals surface area contributed by atoms with Gasteiger partial charge in [-0.25, -0.2) is 0 Å². The van der Waals surface area contributed by atoms with E-state index < -0.39 is 0 Å². The number of hydrogen-bond acceptors (Lipinski definition) is 4. The van der Waals surface area contributed by atoms with E-state index >= 15 is 0 Å². The predicted octanol–water partition coefficient (Wildman–Crippen LogP) is 2.08. The number of piperazine rings is 1. The number of nitrogens with two attached hydrogens (primary N) is 1. The first-order valence-corrected chi connectivity index (χ1v) is 10.2. The SMILES string of the molecule is CN1CCN(Cc2ccc(C(=O)N(CCN)CCc3ccccc3)cc2)CC1. The zero-order valence-electron chi connectivity index (χ0n) is 16.9. The Hall–Kier alpha value is -2.21. The Morgan fingerprint density at radius 3 is 2.25 bits per heavy atom. The van der Waals surface area contributed by atoms with Gasteiger partial charge in [0.1, 0.15) is 0 Å². The highest BCUT2D eigenvalue weighted by Gasteiger charge is 2.16. The average molecular weight is 381 g/mol. The summed E-state index contributed by atoms with van der Waals surface area (Å²) < 4.78 is 0. The second-order valence-corrected chi connectivity index (χ2v) is 7.59. The lowest BCUT2D eigenvalue weighted by Gasteiger charge is -2.32. The molecule has 1 saturated heterocycles. The molecule has 150 valence electrons. The molecule has 2 N–H and O–H groups in total. The van der Waals surface area contributed by atoms with E-state index in [0.717, 1.165) is 44.7 Å². The third-order valence-electron chi connectivity index (χ3n) is 5.40. The smallest absolute Gasteiger partial charge is 0.253 e. The molecule has 2 aromatic carbocycles. The van der Waals surface area contributed by atoms with Crippen molar-refractivity contribution in [2.24, 2.45) is 5.73 Å². The summed E-state index contributed by atoms with van der Waals surface area (Å²) in [6, 6.07) is 18.4. The van der Waals surface area contributed by atoms with Crippen LogP contribution in [0.15, 0.2) is 54.6 Å². The highest BCUT2D eigenvalue weighted by Crippen LogP contribution is 2.12. The molecule has 0 aromatic heterocycles. The minimum Gasteiger partial charge on any atom is -0.337 e. The molecule has 1 aliphatic rings. The molecule has 5 nitrogen and oxygen atoms in total. The number of carbonyl (C=O) groups excluding carboxylic acids is 1. The molecule has 1 aliphatic heterocycles. The number of nitrogens with zero attached hydrogens (tertiary/aromatic N) is 3. The number of likely N-dealkylation sites (N-methyl/N-ethyl adjacent to an activating group) is 1. The quantitative estimate of drug-likeness (QED) is 0.762. The zero-order chi connectivity index (χ0) is 19.8. The summed E-state index contributed by atoms with van der Waals surface area (Å²) in [7, 11) is 2.17. The second kappa shape index (κ2) is 10.4. The second-order valence-electron chi connectivity index (χ2n) is 7.59. The molecule has 3 rings (SSSR count). The zero-order valence-corrected chi connectivity index (χ0v) is 16.9. The van der Waals surface area contributed by atoms with Crippen molar-refractivity contribution in [3.8, 4) is 0 Å². The van der Waals surface area contributed by atoms with Crippen LogP contribution < -0.4 is 5.73 Å². The number of amides is 1. The largest absolute Gasteiger partial charge is 0.337 e.